The van der Waals surface area contributed by atoms with Crippen molar-refractivity contribution in [2.75, 3.05) is 20.8 Å². The van der Waals surface area contributed by atoms with Gasteiger partial charge in [-0.2, -0.15) is 5.26 Å². The van der Waals surface area contributed by atoms with Crippen LogP contribution < -0.4 is 24.3 Å². The van der Waals surface area contributed by atoms with Gasteiger partial charge in [-0.05, 0) is 48.9 Å². The lowest BCUT2D eigenvalue weighted by molar-refractivity contribution is -0.117. The molecule has 0 atom stereocenters. The first-order valence-electron chi connectivity index (χ1n) is 11.3. The lowest BCUT2D eigenvalue weighted by Gasteiger charge is -2.15. The van der Waals surface area contributed by atoms with Crippen molar-refractivity contribution in [1.82, 2.24) is 5.32 Å². The Morgan fingerprint density at radius 2 is 1.84 bits per heavy atom. The Kier molecular flexibility index (Phi) is 9.76. The zero-order chi connectivity index (χ0) is 26.8. The Bertz CT molecular complexity index is 1340. The fourth-order valence-corrected chi connectivity index (χ4v) is 3.70. The summed E-state index contributed by atoms with van der Waals surface area (Å²) in [5.74, 6) is 0.730. The van der Waals surface area contributed by atoms with E-state index in [9.17, 15) is 14.4 Å². The summed E-state index contributed by atoms with van der Waals surface area (Å²) in [5, 5.41) is 12.5. The molecule has 3 aromatic rings. The molecule has 1 N–H and O–H groups in total. The Balaban J connectivity index is 1.79. The zero-order valence-electron chi connectivity index (χ0n) is 20.6. The summed E-state index contributed by atoms with van der Waals surface area (Å²) in [6.45, 7) is 2.19. The van der Waals surface area contributed by atoms with Crippen LogP contribution in [0.25, 0.3) is 6.08 Å². The molecule has 0 aliphatic heterocycles. The maximum atomic E-state index is 14.0. The van der Waals surface area contributed by atoms with Crippen molar-refractivity contribution in [3.05, 3.63) is 87.7 Å². The number of ether oxygens (including phenoxy) is 4. The molecule has 0 saturated heterocycles. The van der Waals surface area contributed by atoms with Crippen molar-refractivity contribution in [1.29, 1.82) is 5.26 Å². The van der Waals surface area contributed by atoms with Crippen molar-refractivity contribution in [3.63, 3.8) is 0 Å². The van der Waals surface area contributed by atoms with Crippen LogP contribution in [0.3, 0.4) is 0 Å². The van der Waals surface area contributed by atoms with Crippen LogP contribution in [0.4, 0.5) is 4.39 Å². The molecule has 0 aliphatic carbocycles. The number of benzene rings is 3. The Morgan fingerprint density at radius 3 is 2.51 bits per heavy atom. The predicted octanol–water partition coefficient (Wildman–Crippen LogP) is 5.70. The summed E-state index contributed by atoms with van der Waals surface area (Å²) in [5.41, 5.74) is 1.40. The third kappa shape index (κ3) is 7.15. The van der Waals surface area contributed by atoms with Gasteiger partial charge in [0.15, 0.2) is 11.5 Å². The molecule has 0 fully saturated rings. The number of halogens is 2. The van der Waals surface area contributed by atoms with Crippen LogP contribution >= 0.6 is 11.6 Å². The number of nitrogens with zero attached hydrogens (tertiary/aromatic N) is 1. The molecular formula is C28H26ClFN2O5. The number of nitriles is 1. The first-order valence-corrected chi connectivity index (χ1v) is 11.7. The van der Waals surface area contributed by atoms with E-state index in [1.165, 1.54) is 25.3 Å². The molecule has 0 saturated carbocycles. The molecule has 0 bridgehead atoms. The normalized spacial score (nSPS) is 10.9. The van der Waals surface area contributed by atoms with Crippen molar-refractivity contribution < 1.29 is 28.1 Å². The van der Waals surface area contributed by atoms with Crippen LogP contribution in [0.1, 0.15) is 23.6 Å². The van der Waals surface area contributed by atoms with Crippen LogP contribution in [0.2, 0.25) is 5.02 Å². The summed E-state index contributed by atoms with van der Waals surface area (Å²) in [7, 11) is 3.06. The average molecular weight is 525 g/mol. The predicted molar refractivity (Wildman–Crippen MR) is 138 cm³/mol. The van der Waals surface area contributed by atoms with Crippen LogP contribution in [0.15, 0.2) is 60.2 Å². The molecule has 3 aromatic carbocycles. The van der Waals surface area contributed by atoms with E-state index < -0.39 is 11.7 Å². The number of hydrogen-bond donors (Lipinski definition) is 1. The summed E-state index contributed by atoms with van der Waals surface area (Å²) in [4.78, 5) is 12.7. The van der Waals surface area contributed by atoms with Crippen molar-refractivity contribution in [2.45, 2.75) is 20.1 Å². The van der Waals surface area contributed by atoms with Gasteiger partial charge < -0.3 is 24.3 Å². The number of methoxy groups -OCH3 is 2. The highest BCUT2D eigenvalue weighted by molar-refractivity contribution is 6.32. The lowest BCUT2D eigenvalue weighted by Crippen LogP contribution is -2.24. The summed E-state index contributed by atoms with van der Waals surface area (Å²) < 4.78 is 35.9. The van der Waals surface area contributed by atoms with Crippen molar-refractivity contribution >= 4 is 23.6 Å². The Morgan fingerprint density at radius 1 is 1.05 bits per heavy atom. The maximum absolute atomic E-state index is 14.0. The van der Waals surface area contributed by atoms with Crippen molar-refractivity contribution in [3.8, 4) is 29.1 Å². The number of rotatable bonds is 11. The van der Waals surface area contributed by atoms with Gasteiger partial charge in [-0.25, -0.2) is 4.39 Å². The average Bonchev–Trinajstić information content (AvgIpc) is 2.90. The number of carbonyl (C=O) groups is 1. The molecule has 0 aliphatic rings. The quantitative estimate of drug-likeness (QED) is 0.256. The monoisotopic (exact) mass is 524 g/mol. The molecule has 0 spiro atoms. The number of amides is 1. The van der Waals surface area contributed by atoms with E-state index in [1.807, 2.05) is 6.07 Å². The molecule has 0 unspecified atom stereocenters. The van der Waals surface area contributed by atoms with Crippen LogP contribution in [0.5, 0.6) is 23.0 Å². The van der Waals surface area contributed by atoms with E-state index in [0.717, 1.165) is 0 Å². The van der Waals surface area contributed by atoms with E-state index in [4.69, 9.17) is 30.5 Å². The van der Waals surface area contributed by atoms with Gasteiger partial charge in [0, 0.05) is 23.7 Å². The topological polar surface area (TPSA) is 89.8 Å². The fraction of sp³-hybridized carbons (Fsp3) is 0.214. The zero-order valence-corrected chi connectivity index (χ0v) is 21.4. The van der Waals surface area contributed by atoms with Gasteiger partial charge in [0.1, 0.15) is 35.6 Å². The molecule has 3 rings (SSSR count). The number of hydrogen-bond acceptors (Lipinski definition) is 6. The van der Waals surface area contributed by atoms with Crippen LogP contribution in [-0.2, 0) is 17.9 Å². The molecule has 192 valence electrons. The summed E-state index contributed by atoms with van der Waals surface area (Å²) in [6.07, 6.45) is 1.40. The molecule has 9 heteroatoms. The van der Waals surface area contributed by atoms with E-state index in [2.05, 4.69) is 5.32 Å². The molecule has 0 radical (unpaired) electrons. The van der Waals surface area contributed by atoms with Gasteiger partial charge >= 0.3 is 0 Å². The second-order valence-electron chi connectivity index (χ2n) is 7.67. The Labute approximate surface area is 220 Å². The highest BCUT2D eigenvalue weighted by Crippen LogP contribution is 2.38. The molecule has 7 nitrogen and oxygen atoms in total. The number of carbonyl (C=O) groups excluding carboxylic acids is 1. The van der Waals surface area contributed by atoms with Crippen LogP contribution in [0, 0.1) is 17.1 Å². The van der Waals surface area contributed by atoms with Gasteiger partial charge in [0.25, 0.3) is 5.91 Å². The summed E-state index contributed by atoms with van der Waals surface area (Å²) in [6, 6.07) is 16.5. The summed E-state index contributed by atoms with van der Waals surface area (Å²) >= 11 is 6.45. The second-order valence-corrected chi connectivity index (χ2v) is 8.08. The van der Waals surface area contributed by atoms with Crippen LogP contribution in [-0.4, -0.2) is 26.7 Å². The minimum atomic E-state index is -0.575. The lowest BCUT2D eigenvalue weighted by atomic mass is 10.1. The minimum absolute atomic E-state index is 0.0532. The number of nitrogens with one attached hydrogen (secondary N) is 1. The first-order chi connectivity index (χ1) is 17.9. The van der Waals surface area contributed by atoms with Crippen molar-refractivity contribution in [2.24, 2.45) is 0 Å². The van der Waals surface area contributed by atoms with Gasteiger partial charge in [-0.3, -0.25) is 4.79 Å². The molecule has 37 heavy (non-hydrogen) atoms. The third-order valence-corrected chi connectivity index (χ3v) is 5.55. The van der Waals surface area contributed by atoms with E-state index in [-0.39, 0.29) is 29.5 Å². The standard InChI is InChI=1S/C28H26ClFN2O5/c1-4-36-26-13-18(12-23(29)27(26)37-17-20-7-5-6-8-24(20)30)11-21(15-31)28(33)32-16-19-9-10-22(34-2)14-25(19)35-3/h5-14H,4,16-17H2,1-3H3,(H,32,33)/b21-11+. The molecule has 0 aromatic heterocycles. The van der Waals surface area contributed by atoms with E-state index >= 15 is 0 Å². The molecular weight excluding hydrogens is 499 g/mol. The smallest absolute Gasteiger partial charge is 0.262 e. The fourth-order valence-electron chi connectivity index (χ4n) is 3.42. The second kappa shape index (κ2) is 13.2. The highest BCUT2D eigenvalue weighted by atomic mass is 35.5. The maximum Gasteiger partial charge on any atom is 0.262 e. The Hall–Kier alpha value is -4.22. The van der Waals surface area contributed by atoms with Gasteiger partial charge in [0.05, 0.1) is 25.8 Å². The molecule has 0 heterocycles. The molecule has 1 amide bonds. The first kappa shape index (κ1) is 27.4. The van der Waals surface area contributed by atoms with Gasteiger partial charge in [-0.1, -0.05) is 29.8 Å². The minimum Gasteiger partial charge on any atom is -0.497 e. The highest BCUT2D eigenvalue weighted by Gasteiger charge is 2.16. The largest absolute Gasteiger partial charge is 0.497 e. The van der Waals surface area contributed by atoms with Gasteiger partial charge in [0.2, 0.25) is 0 Å². The third-order valence-electron chi connectivity index (χ3n) is 5.27. The SMILES string of the molecule is CCOc1cc(/C=C(\C#N)C(=O)NCc2ccc(OC)cc2OC)cc(Cl)c1OCc1ccccc1F. The van der Waals surface area contributed by atoms with E-state index in [0.29, 0.717) is 40.5 Å². The van der Waals surface area contributed by atoms with E-state index in [1.54, 1.807) is 56.5 Å². The van der Waals surface area contributed by atoms with Gasteiger partial charge in [-0.15, -0.1) is 0 Å².